The minimum Gasteiger partial charge on any atom is -0.466 e. The summed E-state index contributed by atoms with van der Waals surface area (Å²) in [5.41, 5.74) is 1.83. The van der Waals surface area contributed by atoms with Gasteiger partial charge in [-0.15, -0.1) is 0 Å². The SMILES string of the molecule is CCCC(CC(=O)OCC)c1c[nH]c2ccc([N+](=O)[O-])cc12. The molecule has 2 rings (SSSR count). The van der Waals surface area contributed by atoms with Crippen molar-refractivity contribution in [3.63, 3.8) is 0 Å². The lowest BCUT2D eigenvalue weighted by Gasteiger charge is -2.14. The zero-order chi connectivity index (χ0) is 16.1. The third-order valence-corrected chi connectivity index (χ3v) is 3.70. The Balaban J connectivity index is 2.37. The molecule has 0 fully saturated rings. The Labute approximate surface area is 128 Å². The van der Waals surface area contributed by atoms with Crippen LogP contribution in [0.5, 0.6) is 0 Å². The van der Waals surface area contributed by atoms with Gasteiger partial charge in [-0.3, -0.25) is 14.9 Å². The maximum atomic E-state index is 11.8. The second-order valence-electron chi connectivity index (χ2n) is 5.23. The first-order chi connectivity index (χ1) is 10.6. The Morgan fingerprint density at radius 3 is 2.82 bits per heavy atom. The highest BCUT2D eigenvalue weighted by atomic mass is 16.6. The Hall–Kier alpha value is -2.37. The molecule has 0 saturated heterocycles. The molecule has 1 N–H and O–H groups in total. The van der Waals surface area contributed by atoms with Crippen molar-refractivity contribution >= 4 is 22.6 Å². The summed E-state index contributed by atoms with van der Waals surface area (Å²) in [6.45, 7) is 4.19. The summed E-state index contributed by atoms with van der Waals surface area (Å²) in [6, 6.07) is 4.74. The number of ether oxygens (including phenoxy) is 1. The van der Waals surface area contributed by atoms with Crippen LogP contribution < -0.4 is 0 Å². The number of nitro groups is 1. The van der Waals surface area contributed by atoms with Gasteiger partial charge in [-0.1, -0.05) is 13.3 Å². The van der Waals surface area contributed by atoms with Crippen LogP contribution in [0.2, 0.25) is 0 Å². The normalized spacial score (nSPS) is 12.3. The standard InChI is InChI=1S/C16H20N2O4/c1-3-5-11(8-16(19)22-4-2)14-10-17-15-7-6-12(18(20)21)9-13(14)15/h6-7,9-11,17H,3-5,8H2,1-2H3. The number of rotatable bonds is 7. The van der Waals surface area contributed by atoms with Crippen LogP contribution in [0.4, 0.5) is 5.69 Å². The van der Waals surface area contributed by atoms with Crippen LogP contribution in [-0.4, -0.2) is 22.5 Å². The number of non-ortho nitro benzene ring substituents is 1. The Bertz CT molecular complexity index is 678. The Morgan fingerprint density at radius 1 is 1.41 bits per heavy atom. The molecule has 1 atom stereocenters. The van der Waals surface area contributed by atoms with Gasteiger partial charge in [-0.2, -0.15) is 0 Å². The number of nitro benzene ring substituents is 1. The molecule has 6 heteroatoms. The van der Waals surface area contributed by atoms with Crippen molar-refractivity contribution in [1.82, 2.24) is 4.98 Å². The first-order valence-corrected chi connectivity index (χ1v) is 7.47. The van der Waals surface area contributed by atoms with Crippen LogP contribution in [0, 0.1) is 10.1 Å². The van der Waals surface area contributed by atoms with Crippen molar-refractivity contribution in [3.8, 4) is 0 Å². The summed E-state index contributed by atoms with van der Waals surface area (Å²) in [4.78, 5) is 25.5. The van der Waals surface area contributed by atoms with E-state index in [0.29, 0.717) is 6.61 Å². The monoisotopic (exact) mass is 304 g/mol. The number of nitrogens with zero attached hydrogens (tertiary/aromatic N) is 1. The first-order valence-electron chi connectivity index (χ1n) is 7.47. The van der Waals surface area contributed by atoms with Crippen LogP contribution in [0.3, 0.4) is 0 Å². The third-order valence-electron chi connectivity index (χ3n) is 3.70. The van der Waals surface area contributed by atoms with Gasteiger partial charge in [0, 0.05) is 29.2 Å². The molecule has 0 aliphatic rings. The van der Waals surface area contributed by atoms with Crippen LogP contribution in [0.1, 0.15) is 44.6 Å². The van der Waals surface area contributed by atoms with E-state index in [1.807, 2.05) is 6.20 Å². The van der Waals surface area contributed by atoms with Gasteiger partial charge in [0.2, 0.25) is 0 Å². The number of fused-ring (bicyclic) bond motifs is 1. The highest BCUT2D eigenvalue weighted by Crippen LogP contribution is 2.33. The third kappa shape index (κ3) is 3.44. The lowest BCUT2D eigenvalue weighted by molar-refractivity contribution is -0.384. The smallest absolute Gasteiger partial charge is 0.306 e. The Kier molecular flexibility index (Phi) is 5.14. The molecular weight excluding hydrogens is 284 g/mol. The molecule has 118 valence electrons. The lowest BCUT2D eigenvalue weighted by Crippen LogP contribution is -2.10. The number of aromatic amines is 1. The number of hydrogen-bond acceptors (Lipinski definition) is 4. The van der Waals surface area contributed by atoms with Crippen LogP contribution >= 0.6 is 0 Å². The molecule has 0 aliphatic heterocycles. The fraction of sp³-hybridized carbons (Fsp3) is 0.438. The zero-order valence-corrected chi connectivity index (χ0v) is 12.8. The number of H-pyrrole nitrogens is 1. The molecule has 0 aliphatic carbocycles. The van der Waals surface area contributed by atoms with Crippen molar-refractivity contribution in [2.75, 3.05) is 6.61 Å². The first kappa shape index (κ1) is 16.0. The van der Waals surface area contributed by atoms with E-state index in [-0.39, 0.29) is 24.0 Å². The van der Waals surface area contributed by atoms with Crippen molar-refractivity contribution in [1.29, 1.82) is 0 Å². The van der Waals surface area contributed by atoms with Gasteiger partial charge in [0.1, 0.15) is 0 Å². The van der Waals surface area contributed by atoms with Gasteiger partial charge >= 0.3 is 5.97 Å². The summed E-state index contributed by atoms with van der Waals surface area (Å²) in [5.74, 6) is -0.236. The van der Waals surface area contributed by atoms with Gasteiger partial charge < -0.3 is 9.72 Å². The fourth-order valence-corrected chi connectivity index (χ4v) is 2.72. The molecule has 0 amide bonds. The number of benzene rings is 1. The molecule has 0 spiro atoms. The molecule has 1 unspecified atom stereocenters. The number of esters is 1. The molecule has 1 aromatic heterocycles. The topological polar surface area (TPSA) is 85.2 Å². The molecular formula is C16H20N2O4. The highest BCUT2D eigenvalue weighted by molar-refractivity contribution is 5.86. The minimum atomic E-state index is -0.406. The molecule has 0 bridgehead atoms. The maximum Gasteiger partial charge on any atom is 0.306 e. The van der Waals surface area contributed by atoms with E-state index < -0.39 is 4.92 Å². The largest absolute Gasteiger partial charge is 0.466 e. The predicted molar refractivity (Wildman–Crippen MR) is 83.9 cm³/mol. The average molecular weight is 304 g/mol. The van der Waals surface area contributed by atoms with Crippen molar-refractivity contribution in [3.05, 3.63) is 40.1 Å². The highest BCUT2D eigenvalue weighted by Gasteiger charge is 2.20. The summed E-state index contributed by atoms with van der Waals surface area (Å²) in [5, 5.41) is 11.8. The van der Waals surface area contributed by atoms with Crippen molar-refractivity contribution < 1.29 is 14.5 Å². The van der Waals surface area contributed by atoms with Gasteiger partial charge in [-0.25, -0.2) is 0 Å². The van der Waals surface area contributed by atoms with Crippen molar-refractivity contribution in [2.24, 2.45) is 0 Å². The number of carbonyl (C=O) groups is 1. The van der Waals surface area contributed by atoms with E-state index in [0.717, 1.165) is 29.3 Å². The van der Waals surface area contributed by atoms with E-state index in [2.05, 4.69) is 11.9 Å². The van der Waals surface area contributed by atoms with E-state index in [1.54, 1.807) is 19.1 Å². The summed E-state index contributed by atoms with van der Waals surface area (Å²) in [7, 11) is 0. The van der Waals surface area contributed by atoms with Gasteiger partial charge in [-0.05, 0) is 30.9 Å². The number of aromatic nitrogens is 1. The summed E-state index contributed by atoms with van der Waals surface area (Å²) >= 11 is 0. The van der Waals surface area contributed by atoms with Crippen LogP contribution in [0.25, 0.3) is 10.9 Å². The molecule has 2 aromatic rings. The van der Waals surface area contributed by atoms with Gasteiger partial charge in [0.25, 0.3) is 5.69 Å². The molecule has 0 saturated carbocycles. The molecule has 1 heterocycles. The summed E-state index contributed by atoms with van der Waals surface area (Å²) in [6.07, 6.45) is 3.88. The minimum absolute atomic E-state index is 0.000181. The maximum absolute atomic E-state index is 11.8. The van der Waals surface area contributed by atoms with Gasteiger partial charge in [0.15, 0.2) is 0 Å². The number of hydrogen-bond donors (Lipinski definition) is 1. The predicted octanol–water partition coefficient (Wildman–Crippen LogP) is 3.91. The van der Waals surface area contributed by atoms with E-state index >= 15 is 0 Å². The molecule has 22 heavy (non-hydrogen) atoms. The molecule has 6 nitrogen and oxygen atoms in total. The van der Waals surface area contributed by atoms with Crippen LogP contribution in [-0.2, 0) is 9.53 Å². The molecule has 0 radical (unpaired) electrons. The number of nitrogens with one attached hydrogen (secondary N) is 1. The second-order valence-corrected chi connectivity index (χ2v) is 5.23. The van der Waals surface area contributed by atoms with E-state index in [9.17, 15) is 14.9 Å². The summed E-state index contributed by atoms with van der Waals surface area (Å²) < 4.78 is 5.03. The van der Waals surface area contributed by atoms with Crippen LogP contribution in [0.15, 0.2) is 24.4 Å². The van der Waals surface area contributed by atoms with Crippen molar-refractivity contribution in [2.45, 2.75) is 39.0 Å². The van der Waals surface area contributed by atoms with E-state index in [4.69, 9.17) is 4.74 Å². The quantitative estimate of drug-likeness (QED) is 0.477. The van der Waals surface area contributed by atoms with Gasteiger partial charge in [0.05, 0.1) is 18.0 Å². The fourth-order valence-electron chi connectivity index (χ4n) is 2.72. The van der Waals surface area contributed by atoms with E-state index in [1.165, 1.54) is 6.07 Å². The second kappa shape index (κ2) is 7.06. The molecule has 1 aromatic carbocycles. The zero-order valence-electron chi connectivity index (χ0n) is 12.8. The lowest BCUT2D eigenvalue weighted by atomic mass is 9.91. The average Bonchev–Trinajstić information content (AvgIpc) is 2.89. The Morgan fingerprint density at radius 2 is 2.18 bits per heavy atom. The number of carbonyl (C=O) groups excluding carboxylic acids is 1.